The molecule has 7 heteroatoms. The van der Waals surface area contributed by atoms with E-state index < -0.39 is 6.10 Å². The molecule has 3 N–H and O–H groups in total. The summed E-state index contributed by atoms with van der Waals surface area (Å²) in [5, 5.41) is 16.3. The molecule has 0 heterocycles. The maximum atomic E-state index is 13.6. The zero-order valence-electron chi connectivity index (χ0n) is 14.8. The lowest BCUT2D eigenvalue weighted by Crippen LogP contribution is -2.39. The maximum absolute atomic E-state index is 13.6. The first-order valence-electron chi connectivity index (χ1n) is 8.20. The van der Waals surface area contributed by atoms with Crippen LogP contribution < -0.4 is 10.6 Å². The number of guanidine groups is 1. The van der Waals surface area contributed by atoms with Crippen LogP contribution in [-0.2, 0) is 6.54 Å². The van der Waals surface area contributed by atoms with Gasteiger partial charge >= 0.3 is 0 Å². The Bertz CT molecular complexity index is 723. The van der Waals surface area contributed by atoms with Crippen LogP contribution in [0.5, 0.6) is 0 Å². The van der Waals surface area contributed by atoms with E-state index in [0.717, 1.165) is 5.56 Å². The van der Waals surface area contributed by atoms with E-state index in [1.54, 1.807) is 25.1 Å². The van der Waals surface area contributed by atoms with Gasteiger partial charge in [-0.05, 0) is 48.7 Å². The van der Waals surface area contributed by atoms with Gasteiger partial charge in [0.05, 0.1) is 12.6 Å². The largest absolute Gasteiger partial charge is 0.387 e. The molecule has 1 atom stereocenters. The number of aryl methyl sites for hydroxylation is 1. The lowest BCUT2D eigenvalue weighted by Gasteiger charge is -2.15. The van der Waals surface area contributed by atoms with Crippen LogP contribution in [-0.4, -0.2) is 24.2 Å². The summed E-state index contributed by atoms with van der Waals surface area (Å²) in [4.78, 5) is 4.39. The molecule has 2 aromatic rings. The van der Waals surface area contributed by atoms with E-state index in [-0.39, 0.29) is 42.2 Å². The Kier molecular flexibility index (Phi) is 9.50. The summed E-state index contributed by atoms with van der Waals surface area (Å²) >= 11 is 0. The van der Waals surface area contributed by atoms with Gasteiger partial charge < -0.3 is 15.7 Å². The summed E-state index contributed by atoms with van der Waals surface area (Å²) in [6.45, 7) is 4.84. The molecule has 0 aliphatic rings. The van der Waals surface area contributed by atoms with Crippen molar-refractivity contribution in [3.63, 3.8) is 0 Å². The fourth-order valence-electron chi connectivity index (χ4n) is 2.24. The average Bonchev–Trinajstić information content (AvgIpc) is 2.60. The van der Waals surface area contributed by atoms with E-state index in [0.29, 0.717) is 30.2 Å². The second-order valence-electron chi connectivity index (χ2n) is 5.73. The molecule has 142 valence electrons. The van der Waals surface area contributed by atoms with Gasteiger partial charge in [0.15, 0.2) is 5.96 Å². The minimum Gasteiger partial charge on any atom is -0.387 e. The SMILES string of the molecule is CCNC(=NCc1ccc(C)c(F)c1)NCC(O)c1ccc(F)cc1.I. The van der Waals surface area contributed by atoms with Crippen molar-refractivity contribution in [2.75, 3.05) is 13.1 Å². The van der Waals surface area contributed by atoms with Crippen LogP contribution in [0.15, 0.2) is 47.5 Å². The molecule has 0 aromatic heterocycles. The number of aliphatic hydroxyl groups is 1. The standard InChI is InChI=1S/C19H23F2N3O.HI/c1-3-22-19(23-11-14-5-4-13(2)17(21)10-14)24-12-18(25)15-6-8-16(20)9-7-15;/h4-10,18,25H,3,11-12H2,1-2H3,(H2,22,23,24);1H. The second kappa shape index (κ2) is 11.1. The highest BCUT2D eigenvalue weighted by Crippen LogP contribution is 2.12. The topological polar surface area (TPSA) is 56.7 Å². The van der Waals surface area contributed by atoms with Gasteiger partial charge in [0, 0.05) is 13.1 Å². The van der Waals surface area contributed by atoms with Gasteiger partial charge in [-0.2, -0.15) is 0 Å². The van der Waals surface area contributed by atoms with E-state index >= 15 is 0 Å². The van der Waals surface area contributed by atoms with Gasteiger partial charge in [0.2, 0.25) is 0 Å². The summed E-state index contributed by atoms with van der Waals surface area (Å²) in [5.74, 6) is -0.0776. The highest BCUT2D eigenvalue weighted by Gasteiger charge is 2.08. The van der Waals surface area contributed by atoms with E-state index in [1.807, 2.05) is 13.0 Å². The van der Waals surface area contributed by atoms with Gasteiger partial charge in [0.25, 0.3) is 0 Å². The van der Waals surface area contributed by atoms with Gasteiger partial charge in [-0.25, -0.2) is 13.8 Å². The molecular weight excluding hydrogens is 451 g/mol. The van der Waals surface area contributed by atoms with Crippen LogP contribution >= 0.6 is 24.0 Å². The quantitative estimate of drug-likeness (QED) is 0.340. The van der Waals surface area contributed by atoms with E-state index in [1.165, 1.54) is 18.2 Å². The molecular formula is C19H24F2IN3O. The lowest BCUT2D eigenvalue weighted by atomic mass is 10.1. The van der Waals surface area contributed by atoms with E-state index in [9.17, 15) is 13.9 Å². The molecule has 4 nitrogen and oxygen atoms in total. The minimum atomic E-state index is -0.790. The monoisotopic (exact) mass is 475 g/mol. The van der Waals surface area contributed by atoms with Crippen molar-refractivity contribution in [2.24, 2.45) is 4.99 Å². The predicted octanol–water partition coefficient (Wildman–Crippen LogP) is 3.68. The number of nitrogens with zero attached hydrogens (tertiary/aromatic N) is 1. The molecule has 0 saturated heterocycles. The number of aliphatic hydroxyl groups excluding tert-OH is 1. The van der Waals surface area contributed by atoms with Gasteiger partial charge in [-0.3, -0.25) is 0 Å². The third-order valence-corrected chi connectivity index (χ3v) is 3.72. The number of rotatable bonds is 6. The number of hydrogen-bond acceptors (Lipinski definition) is 2. The van der Waals surface area contributed by atoms with Crippen LogP contribution in [0.2, 0.25) is 0 Å². The summed E-state index contributed by atoms with van der Waals surface area (Å²) in [6.07, 6.45) is -0.790. The summed E-state index contributed by atoms with van der Waals surface area (Å²) < 4.78 is 26.5. The highest BCUT2D eigenvalue weighted by atomic mass is 127. The predicted molar refractivity (Wildman–Crippen MR) is 111 cm³/mol. The fourth-order valence-corrected chi connectivity index (χ4v) is 2.24. The normalized spacial score (nSPS) is 12.3. The van der Waals surface area contributed by atoms with Crippen molar-refractivity contribution in [2.45, 2.75) is 26.5 Å². The molecule has 0 radical (unpaired) electrons. The Labute approximate surface area is 169 Å². The number of nitrogens with one attached hydrogen (secondary N) is 2. The first-order valence-corrected chi connectivity index (χ1v) is 8.20. The van der Waals surface area contributed by atoms with Crippen molar-refractivity contribution in [3.05, 3.63) is 70.8 Å². The third kappa shape index (κ3) is 6.87. The van der Waals surface area contributed by atoms with E-state index in [2.05, 4.69) is 15.6 Å². The zero-order valence-corrected chi connectivity index (χ0v) is 17.1. The molecule has 0 aliphatic heterocycles. The number of hydrogen-bond donors (Lipinski definition) is 3. The van der Waals surface area contributed by atoms with Gasteiger partial charge in [-0.15, -0.1) is 24.0 Å². The molecule has 0 spiro atoms. The van der Waals surface area contributed by atoms with E-state index in [4.69, 9.17) is 0 Å². The molecule has 0 amide bonds. The first-order chi connectivity index (χ1) is 12.0. The lowest BCUT2D eigenvalue weighted by molar-refractivity contribution is 0.180. The summed E-state index contributed by atoms with van der Waals surface area (Å²) in [7, 11) is 0. The Morgan fingerprint density at radius 2 is 1.81 bits per heavy atom. The molecule has 2 rings (SSSR count). The second-order valence-corrected chi connectivity index (χ2v) is 5.73. The van der Waals surface area contributed by atoms with Crippen molar-refractivity contribution in [1.82, 2.24) is 10.6 Å². The Morgan fingerprint density at radius 3 is 2.42 bits per heavy atom. The number of aliphatic imine (C=N–C) groups is 1. The third-order valence-electron chi connectivity index (χ3n) is 3.72. The molecule has 2 aromatic carbocycles. The van der Waals surface area contributed by atoms with Crippen molar-refractivity contribution in [3.8, 4) is 0 Å². The first kappa shape index (κ1) is 22.3. The van der Waals surface area contributed by atoms with Crippen LogP contribution in [0.25, 0.3) is 0 Å². The smallest absolute Gasteiger partial charge is 0.191 e. The maximum Gasteiger partial charge on any atom is 0.191 e. The van der Waals surface area contributed by atoms with Crippen LogP contribution in [0.4, 0.5) is 8.78 Å². The zero-order chi connectivity index (χ0) is 18.2. The van der Waals surface area contributed by atoms with Crippen LogP contribution in [0, 0.1) is 18.6 Å². The minimum absolute atomic E-state index is 0. The number of benzene rings is 2. The molecule has 0 saturated carbocycles. The highest BCUT2D eigenvalue weighted by molar-refractivity contribution is 14.0. The van der Waals surface area contributed by atoms with Gasteiger partial charge in [0.1, 0.15) is 11.6 Å². The van der Waals surface area contributed by atoms with Crippen molar-refractivity contribution >= 4 is 29.9 Å². The number of halogens is 3. The Morgan fingerprint density at radius 1 is 1.12 bits per heavy atom. The summed E-state index contributed by atoms with van der Waals surface area (Å²) in [5.41, 5.74) is 1.98. The average molecular weight is 475 g/mol. The van der Waals surface area contributed by atoms with Crippen molar-refractivity contribution in [1.29, 1.82) is 0 Å². The van der Waals surface area contributed by atoms with Crippen LogP contribution in [0.1, 0.15) is 29.7 Å². The van der Waals surface area contributed by atoms with Crippen molar-refractivity contribution < 1.29 is 13.9 Å². The molecule has 0 aliphatic carbocycles. The molecule has 26 heavy (non-hydrogen) atoms. The Hall–Kier alpha value is -1.74. The molecule has 0 bridgehead atoms. The fraction of sp³-hybridized carbons (Fsp3) is 0.316. The van der Waals surface area contributed by atoms with Crippen LogP contribution in [0.3, 0.4) is 0 Å². The summed E-state index contributed by atoms with van der Waals surface area (Å²) in [6, 6.07) is 10.7. The molecule has 0 fully saturated rings. The Balaban J connectivity index is 0.00000338. The molecule has 1 unspecified atom stereocenters. The van der Waals surface area contributed by atoms with Gasteiger partial charge in [-0.1, -0.05) is 24.3 Å².